The van der Waals surface area contributed by atoms with Crippen LogP contribution < -0.4 is 10.5 Å². The fourth-order valence-corrected chi connectivity index (χ4v) is 1.42. The second-order valence-corrected chi connectivity index (χ2v) is 4.00. The number of amides is 1. The smallest absolute Gasteiger partial charge is 0.243 e. The number of rotatable bonds is 11. The minimum absolute atomic E-state index is 0.00816. The lowest BCUT2D eigenvalue weighted by Gasteiger charge is -2.07. The maximum atomic E-state index is 10.4. The third kappa shape index (κ3) is 13.2. The molecule has 5 heteroatoms. The van der Waals surface area contributed by atoms with Crippen LogP contribution in [0.25, 0.3) is 0 Å². The van der Waals surface area contributed by atoms with Gasteiger partial charge in [0.2, 0.25) is 5.91 Å². The van der Waals surface area contributed by atoms with Gasteiger partial charge in [0.05, 0.1) is 6.61 Å². The zero-order valence-electron chi connectivity index (χ0n) is 13.0. The Kier molecular flexibility index (Phi) is 13.7. The average Bonchev–Trinajstić information content (AvgIpc) is 2.52. The van der Waals surface area contributed by atoms with Crippen molar-refractivity contribution >= 4 is 5.91 Å². The number of ether oxygens (including phenoxy) is 3. The van der Waals surface area contributed by atoms with Gasteiger partial charge in [-0.25, -0.2) is 0 Å². The number of carbonyl (C=O) groups is 1. The lowest BCUT2D eigenvalue weighted by Crippen LogP contribution is -2.18. The van der Waals surface area contributed by atoms with Crippen molar-refractivity contribution in [3.63, 3.8) is 0 Å². The quantitative estimate of drug-likeness (QED) is 0.637. The first kappa shape index (κ1) is 19.4. The van der Waals surface area contributed by atoms with Crippen LogP contribution in [-0.2, 0) is 14.3 Å². The van der Waals surface area contributed by atoms with Gasteiger partial charge in [0.15, 0.2) is 0 Å². The third-order valence-corrected chi connectivity index (χ3v) is 2.31. The van der Waals surface area contributed by atoms with E-state index in [4.69, 9.17) is 19.9 Å². The molecular weight excluding hydrogens is 270 g/mol. The molecule has 1 aromatic rings. The highest BCUT2D eigenvalue weighted by Crippen LogP contribution is 2.07. The monoisotopic (exact) mass is 297 g/mol. The Bertz CT molecular complexity index is 343. The molecule has 0 radical (unpaired) electrons. The van der Waals surface area contributed by atoms with E-state index in [0.29, 0.717) is 26.4 Å². The molecule has 1 aromatic carbocycles. The Morgan fingerprint density at radius 3 is 2.19 bits per heavy atom. The van der Waals surface area contributed by atoms with Crippen molar-refractivity contribution in [2.45, 2.75) is 26.7 Å². The van der Waals surface area contributed by atoms with Gasteiger partial charge in [-0.05, 0) is 25.0 Å². The van der Waals surface area contributed by atoms with Crippen LogP contribution in [0.15, 0.2) is 30.3 Å². The summed E-state index contributed by atoms with van der Waals surface area (Å²) in [4.78, 5) is 10.4. The SMILES string of the molecule is CC.NC(=O)COCCCCOCCOc1ccccc1. The normalized spacial score (nSPS) is 9.62. The molecule has 0 aliphatic carbocycles. The Hall–Kier alpha value is -1.59. The van der Waals surface area contributed by atoms with E-state index in [2.05, 4.69) is 0 Å². The van der Waals surface area contributed by atoms with Crippen LogP contribution in [0.2, 0.25) is 0 Å². The van der Waals surface area contributed by atoms with Crippen molar-refractivity contribution in [2.75, 3.05) is 33.0 Å². The van der Waals surface area contributed by atoms with Gasteiger partial charge in [-0.15, -0.1) is 0 Å². The van der Waals surface area contributed by atoms with E-state index in [1.807, 2.05) is 44.2 Å². The number of carbonyl (C=O) groups excluding carboxylic acids is 1. The van der Waals surface area contributed by atoms with Gasteiger partial charge in [0.1, 0.15) is 19.0 Å². The number of para-hydroxylation sites is 1. The predicted octanol–water partition coefficient (Wildman–Crippen LogP) is 2.39. The molecule has 0 spiro atoms. The molecule has 0 bridgehead atoms. The maximum absolute atomic E-state index is 10.4. The molecule has 0 saturated carbocycles. The lowest BCUT2D eigenvalue weighted by atomic mass is 10.3. The van der Waals surface area contributed by atoms with Crippen molar-refractivity contribution in [3.8, 4) is 5.75 Å². The Labute approximate surface area is 127 Å². The molecular formula is C16H27NO4. The van der Waals surface area contributed by atoms with Gasteiger partial charge < -0.3 is 19.9 Å². The van der Waals surface area contributed by atoms with Gasteiger partial charge in [-0.3, -0.25) is 4.79 Å². The second kappa shape index (κ2) is 14.8. The molecule has 2 N–H and O–H groups in total. The Morgan fingerprint density at radius 1 is 0.952 bits per heavy atom. The fraction of sp³-hybridized carbons (Fsp3) is 0.562. The summed E-state index contributed by atoms with van der Waals surface area (Å²) < 4.78 is 15.9. The topological polar surface area (TPSA) is 70.8 Å². The van der Waals surface area contributed by atoms with Crippen molar-refractivity contribution in [1.29, 1.82) is 0 Å². The molecule has 1 rings (SSSR count). The number of benzene rings is 1. The van der Waals surface area contributed by atoms with Gasteiger partial charge >= 0.3 is 0 Å². The largest absolute Gasteiger partial charge is 0.491 e. The van der Waals surface area contributed by atoms with Crippen molar-refractivity contribution < 1.29 is 19.0 Å². The number of hydrogen-bond donors (Lipinski definition) is 1. The molecule has 21 heavy (non-hydrogen) atoms. The summed E-state index contributed by atoms with van der Waals surface area (Å²) in [5.74, 6) is 0.417. The van der Waals surface area contributed by atoms with E-state index >= 15 is 0 Å². The van der Waals surface area contributed by atoms with Crippen LogP contribution >= 0.6 is 0 Å². The highest BCUT2D eigenvalue weighted by molar-refractivity contribution is 5.74. The van der Waals surface area contributed by atoms with Gasteiger partial charge in [-0.1, -0.05) is 32.0 Å². The molecule has 0 aliphatic rings. The molecule has 0 aromatic heterocycles. The van der Waals surface area contributed by atoms with E-state index in [1.54, 1.807) is 0 Å². The molecule has 0 unspecified atom stereocenters. The summed E-state index contributed by atoms with van der Waals surface area (Å²) in [5.41, 5.74) is 4.93. The van der Waals surface area contributed by atoms with E-state index < -0.39 is 5.91 Å². The van der Waals surface area contributed by atoms with Crippen LogP contribution in [0.4, 0.5) is 0 Å². The van der Waals surface area contributed by atoms with E-state index in [0.717, 1.165) is 18.6 Å². The second-order valence-electron chi connectivity index (χ2n) is 4.00. The summed E-state index contributed by atoms with van der Waals surface area (Å²) in [7, 11) is 0. The standard InChI is InChI=1S/C14H21NO4.C2H6/c15-14(16)12-18-9-5-4-8-17-10-11-19-13-6-2-1-3-7-13;1-2/h1-3,6-7H,4-5,8-12H2,(H2,15,16);1-2H3. The summed E-state index contributed by atoms with van der Waals surface area (Å²) in [5, 5.41) is 0. The van der Waals surface area contributed by atoms with Gasteiger partial charge in [-0.2, -0.15) is 0 Å². The molecule has 0 saturated heterocycles. The molecule has 0 heterocycles. The lowest BCUT2D eigenvalue weighted by molar-refractivity contribution is -0.122. The van der Waals surface area contributed by atoms with E-state index in [1.165, 1.54) is 0 Å². The molecule has 0 aliphatic heterocycles. The third-order valence-electron chi connectivity index (χ3n) is 2.31. The Balaban J connectivity index is 0.00000191. The van der Waals surface area contributed by atoms with Gasteiger partial charge in [0, 0.05) is 13.2 Å². The van der Waals surface area contributed by atoms with Crippen LogP contribution in [0.5, 0.6) is 5.75 Å². The number of nitrogens with two attached hydrogens (primary N) is 1. The highest BCUT2D eigenvalue weighted by atomic mass is 16.5. The van der Waals surface area contributed by atoms with Gasteiger partial charge in [0.25, 0.3) is 0 Å². The van der Waals surface area contributed by atoms with E-state index in [9.17, 15) is 4.79 Å². The summed E-state index contributed by atoms with van der Waals surface area (Å²) in [6, 6.07) is 9.64. The molecule has 0 atom stereocenters. The van der Waals surface area contributed by atoms with Crippen LogP contribution in [0.3, 0.4) is 0 Å². The molecule has 120 valence electrons. The predicted molar refractivity (Wildman–Crippen MR) is 83.4 cm³/mol. The molecule has 1 amide bonds. The molecule has 5 nitrogen and oxygen atoms in total. The number of hydrogen-bond acceptors (Lipinski definition) is 4. The first-order chi connectivity index (χ1) is 10.3. The number of primary amides is 1. The summed E-state index contributed by atoms with van der Waals surface area (Å²) in [6.07, 6.45) is 1.75. The van der Waals surface area contributed by atoms with E-state index in [-0.39, 0.29) is 6.61 Å². The minimum atomic E-state index is -0.436. The average molecular weight is 297 g/mol. The summed E-state index contributed by atoms with van der Waals surface area (Å²) in [6.45, 7) is 6.30. The minimum Gasteiger partial charge on any atom is -0.491 e. The number of unbranched alkanes of at least 4 members (excludes halogenated alkanes) is 1. The van der Waals surface area contributed by atoms with Crippen molar-refractivity contribution in [3.05, 3.63) is 30.3 Å². The van der Waals surface area contributed by atoms with Crippen LogP contribution in [0, 0.1) is 0 Å². The fourth-order valence-electron chi connectivity index (χ4n) is 1.42. The van der Waals surface area contributed by atoms with Crippen molar-refractivity contribution in [2.24, 2.45) is 5.73 Å². The zero-order chi connectivity index (χ0) is 15.8. The Morgan fingerprint density at radius 2 is 1.57 bits per heavy atom. The molecule has 0 fully saturated rings. The van der Waals surface area contributed by atoms with Crippen molar-refractivity contribution in [1.82, 2.24) is 0 Å². The maximum Gasteiger partial charge on any atom is 0.243 e. The van der Waals surface area contributed by atoms with Crippen LogP contribution in [-0.4, -0.2) is 38.9 Å². The summed E-state index contributed by atoms with van der Waals surface area (Å²) >= 11 is 0. The zero-order valence-corrected chi connectivity index (χ0v) is 13.0. The highest BCUT2D eigenvalue weighted by Gasteiger charge is 1.95. The van der Waals surface area contributed by atoms with Crippen LogP contribution in [0.1, 0.15) is 26.7 Å². The first-order valence-corrected chi connectivity index (χ1v) is 7.40. The first-order valence-electron chi connectivity index (χ1n) is 7.40.